The number of ether oxygens (including phenoxy) is 1. The highest BCUT2D eigenvalue weighted by Gasteiger charge is 2.39. The molecule has 0 saturated carbocycles. The first-order valence-electron chi connectivity index (χ1n) is 12.0. The first-order valence-corrected chi connectivity index (χ1v) is 13.4. The summed E-state index contributed by atoms with van der Waals surface area (Å²) >= 11 is 0. The van der Waals surface area contributed by atoms with Crippen molar-refractivity contribution in [3.8, 4) is 0 Å². The quantitative estimate of drug-likeness (QED) is 0.585. The third-order valence-electron chi connectivity index (χ3n) is 7.12. The van der Waals surface area contributed by atoms with Crippen LogP contribution in [0.2, 0.25) is 0 Å². The van der Waals surface area contributed by atoms with Gasteiger partial charge in [0.1, 0.15) is 0 Å². The van der Waals surface area contributed by atoms with E-state index >= 15 is 0 Å². The molecule has 3 aliphatic rings. The van der Waals surface area contributed by atoms with E-state index in [1.165, 1.54) is 4.31 Å². The fourth-order valence-corrected chi connectivity index (χ4v) is 6.75. The lowest BCUT2D eigenvalue weighted by Gasteiger charge is -2.30. The van der Waals surface area contributed by atoms with Gasteiger partial charge in [0.25, 0.3) is 0 Å². The van der Waals surface area contributed by atoms with Crippen molar-refractivity contribution >= 4 is 27.6 Å². The molecule has 1 amide bonds. The van der Waals surface area contributed by atoms with E-state index in [2.05, 4.69) is 18.7 Å². The third-order valence-corrected chi connectivity index (χ3v) is 9.02. The van der Waals surface area contributed by atoms with Gasteiger partial charge in [-0.3, -0.25) is 9.59 Å². The lowest BCUT2D eigenvalue weighted by atomic mass is 9.87. The van der Waals surface area contributed by atoms with E-state index in [-0.39, 0.29) is 28.1 Å². The number of piperidine rings is 1. The Balaban J connectivity index is 1.50. The van der Waals surface area contributed by atoms with Gasteiger partial charge in [0.05, 0.1) is 24.0 Å². The molecule has 0 aliphatic carbocycles. The highest BCUT2D eigenvalue weighted by Crippen LogP contribution is 2.42. The summed E-state index contributed by atoms with van der Waals surface area (Å²) < 4.78 is 33.3. The number of hydrogen-bond acceptors (Lipinski definition) is 6. The number of carbonyl (C=O) groups is 2. The predicted octanol–water partition coefficient (Wildman–Crippen LogP) is 2.37. The molecular formula is C24H35N3O5S. The number of hydrogen-bond donors (Lipinski definition) is 0. The van der Waals surface area contributed by atoms with Crippen molar-refractivity contribution in [2.75, 3.05) is 50.8 Å². The second-order valence-electron chi connectivity index (χ2n) is 9.94. The Bertz CT molecular complexity index is 1010. The number of likely N-dealkylation sites (tertiary alicyclic amines) is 1. The molecule has 4 rings (SSSR count). The van der Waals surface area contributed by atoms with Crippen LogP contribution in [0.1, 0.15) is 52.0 Å². The molecule has 1 aromatic carbocycles. The Morgan fingerprint density at radius 3 is 2.39 bits per heavy atom. The van der Waals surface area contributed by atoms with Crippen molar-refractivity contribution < 1.29 is 22.7 Å². The van der Waals surface area contributed by atoms with Crippen LogP contribution >= 0.6 is 0 Å². The first-order chi connectivity index (χ1) is 15.6. The number of benzene rings is 1. The maximum Gasteiger partial charge on any atom is 0.309 e. The molecule has 8 nitrogen and oxygen atoms in total. The zero-order valence-electron chi connectivity index (χ0n) is 19.9. The second-order valence-corrected chi connectivity index (χ2v) is 11.9. The Hall–Kier alpha value is -2.13. The van der Waals surface area contributed by atoms with E-state index in [4.69, 9.17) is 4.74 Å². The van der Waals surface area contributed by atoms with E-state index in [9.17, 15) is 18.0 Å². The van der Waals surface area contributed by atoms with Gasteiger partial charge in [0.2, 0.25) is 15.9 Å². The number of carbonyl (C=O) groups excluding carboxylic acids is 2. The van der Waals surface area contributed by atoms with E-state index in [0.717, 1.165) is 37.2 Å². The molecule has 0 radical (unpaired) electrons. The highest BCUT2D eigenvalue weighted by molar-refractivity contribution is 7.89. The molecule has 2 saturated heterocycles. The van der Waals surface area contributed by atoms with Crippen molar-refractivity contribution in [2.45, 2.75) is 56.8 Å². The van der Waals surface area contributed by atoms with Crippen molar-refractivity contribution in [1.82, 2.24) is 9.21 Å². The van der Waals surface area contributed by atoms with Crippen molar-refractivity contribution in [3.05, 3.63) is 23.8 Å². The summed E-state index contributed by atoms with van der Waals surface area (Å²) in [6.45, 7) is 9.56. The summed E-state index contributed by atoms with van der Waals surface area (Å²) in [5, 5.41) is 0. The van der Waals surface area contributed by atoms with Crippen LogP contribution in [-0.2, 0) is 29.8 Å². The van der Waals surface area contributed by atoms with E-state index in [1.807, 2.05) is 11.0 Å². The van der Waals surface area contributed by atoms with E-state index in [1.54, 1.807) is 19.1 Å². The molecule has 0 bridgehead atoms. The zero-order chi connectivity index (χ0) is 23.8. The summed E-state index contributed by atoms with van der Waals surface area (Å²) in [5.41, 5.74) is 1.63. The number of nitrogens with zero attached hydrogens (tertiary/aromatic N) is 3. The summed E-state index contributed by atoms with van der Waals surface area (Å²) in [7, 11) is -3.66. The number of sulfonamides is 1. The van der Waals surface area contributed by atoms with Crippen LogP contribution in [0.15, 0.2) is 23.1 Å². The van der Waals surface area contributed by atoms with Gasteiger partial charge in [-0.25, -0.2) is 8.42 Å². The molecule has 0 atom stereocenters. The van der Waals surface area contributed by atoms with Gasteiger partial charge in [-0.1, -0.05) is 13.8 Å². The Morgan fingerprint density at radius 1 is 1.09 bits per heavy atom. The smallest absolute Gasteiger partial charge is 0.309 e. The van der Waals surface area contributed by atoms with Crippen LogP contribution in [0.3, 0.4) is 0 Å². The molecule has 0 N–H and O–H groups in total. The summed E-state index contributed by atoms with van der Waals surface area (Å²) in [6.07, 6.45) is 3.07. The molecule has 0 aromatic heterocycles. The number of amides is 1. The van der Waals surface area contributed by atoms with Gasteiger partial charge >= 0.3 is 5.97 Å². The number of esters is 1. The molecule has 0 unspecified atom stereocenters. The summed E-state index contributed by atoms with van der Waals surface area (Å²) in [6, 6.07) is 5.28. The lowest BCUT2D eigenvalue weighted by Crippen LogP contribution is -2.40. The third kappa shape index (κ3) is 4.75. The Labute approximate surface area is 196 Å². The van der Waals surface area contributed by atoms with Crippen LogP contribution in [0.5, 0.6) is 0 Å². The molecule has 3 heterocycles. The van der Waals surface area contributed by atoms with Crippen LogP contribution in [-0.4, -0.2) is 75.4 Å². The predicted molar refractivity (Wildman–Crippen MR) is 126 cm³/mol. The first kappa shape index (κ1) is 24.0. The maximum absolute atomic E-state index is 13.4. The zero-order valence-corrected chi connectivity index (χ0v) is 20.7. The number of fused-ring (bicyclic) bond motifs is 1. The molecule has 33 heavy (non-hydrogen) atoms. The number of rotatable bonds is 6. The molecule has 182 valence electrons. The summed E-state index contributed by atoms with van der Waals surface area (Å²) in [5.74, 6) is -0.341. The highest BCUT2D eigenvalue weighted by atomic mass is 32.2. The minimum absolute atomic E-state index is 0.136. The SMILES string of the molecule is CCOC(=O)C1CCN(S(=O)(=O)c2ccc3c(c2)C(C)(C)CN3CC(=O)N2CCCC2)CC1. The fourth-order valence-electron chi connectivity index (χ4n) is 5.25. The largest absolute Gasteiger partial charge is 0.466 e. The van der Waals surface area contributed by atoms with Crippen LogP contribution < -0.4 is 4.90 Å². The van der Waals surface area contributed by atoms with Gasteiger partial charge in [-0.15, -0.1) is 0 Å². The minimum atomic E-state index is -3.66. The standard InChI is InChI=1S/C24H35N3O5S/c1-4-32-23(29)18-9-13-27(14-10-18)33(30,31)19-7-8-21-20(15-19)24(2,3)17-26(21)16-22(28)25-11-5-6-12-25/h7-8,15,18H,4-6,9-14,16-17H2,1-3H3. The summed E-state index contributed by atoms with van der Waals surface area (Å²) in [4.78, 5) is 29.0. The number of anilines is 1. The fraction of sp³-hybridized carbons (Fsp3) is 0.667. The van der Waals surface area contributed by atoms with Crippen LogP contribution in [0.4, 0.5) is 5.69 Å². The van der Waals surface area contributed by atoms with E-state index < -0.39 is 10.0 Å². The van der Waals surface area contributed by atoms with Crippen molar-refractivity contribution in [2.24, 2.45) is 5.92 Å². The van der Waals surface area contributed by atoms with Crippen LogP contribution in [0.25, 0.3) is 0 Å². The minimum Gasteiger partial charge on any atom is -0.466 e. The average molecular weight is 478 g/mol. The Morgan fingerprint density at radius 2 is 1.76 bits per heavy atom. The lowest BCUT2D eigenvalue weighted by molar-refractivity contribution is -0.149. The molecule has 9 heteroatoms. The van der Waals surface area contributed by atoms with Gasteiger partial charge in [-0.05, 0) is 56.4 Å². The van der Waals surface area contributed by atoms with E-state index in [0.29, 0.717) is 45.6 Å². The molecule has 3 aliphatic heterocycles. The topological polar surface area (TPSA) is 87.2 Å². The van der Waals surface area contributed by atoms with Gasteiger partial charge in [0.15, 0.2) is 0 Å². The van der Waals surface area contributed by atoms with Crippen molar-refractivity contribution in [3.63, 3.8) is 0 Å². The molecular weight excluding hydrogens is 442 g/mol. The molecule has 0 spiro atoms. The normalized spacial score (nSPS) is 21.3. The van der Waals surface area contributed by atoms with Gasteiger partial charge < -0.3 is 14.5 Å². The van der Waals surface area contributed by atoms with Crippen molar-refractivity contribution in [1.29, 1.82) is 0 Å². The molecule has 2 fully saturated rings. The van der Waals surface area contributed by atoms with Crippen LogP contribution in [0, 0.1) is 5.92 Å². The maximum atomic E-state index is 13.4. The second kappa shape index (κ2) is 9.25. The van der Waals surface area contributed by atoms with Gasteiger partial charge in [0, 0.05) is 43.8 Å². The monoisotopic (exact) mass is 477 g/mol. The van der Waals surface area contributed by atoms with Gasteiger partial charge in [-0.2, -0.15) is 4.31 Å². The average Bonchev–Trinajstić information content (AvgIpc) is 3.41. The Kier molecular flexibility index (Phi) is 6.73. The molecule has 1 aromatic rings.